The Morgan fingerprint density at radius 1 is 1.40 bits per heavy atom. The van der Waals surface area contributed by atoms with E-state index in [1.54, 1.807) is 7.11 Å². The number of nitrogens with one attached hydrogen (secondary N) is 1. The van der Waals surface area contributed by atoms with Gasteiger partial charge in [0.2, 0.25) is 5.91 Å². The van der Waals surface area contributed by atoms with Crippen molar-refractivity contribution in [1.29, 1.82) is 0 Å². The zero-order chi connectivity index (χ0) is 14.5. The zero-order valence-corrected chi connectivity index (χ0v) is 11.5. The highest BCUT2D eigenvalue weighted by Gasteiger charge is 2.37. The van der Waals surface area contributed by atoms with Gasteiger partial charge in [0.05, 0.1) is 7.11 Å². The number of ether oxygens (including phenoxy) is 1. The van der Waals surface area contributed by atoms with Crippen LogP contribution in [0.25, 0.3) is 0 Å². The summed E-state index contributed by atoms with van der Waals surface area (Å²) in [7, 11) is 1.59. The second kappa shape index (κ2) is 6.41. The number of para-hydroxylation sites is 1. The van der Waals surface area contributed by atoms with Crippen LogP contribution in [0.1, 0.15) is 24.8 Å². The molecule has 1 atom stereocenters. The fourth-order valence-electron chi connectivity index (χ4n) is 2.21. The summed E-state index contributed by atoms with van der Waals surface area (Å²) in [6.45, 7) is 0. The molecular formula is C15H19NO4. The van der Waals surface area contributed by atoms with Crippen LogP contribution in [-0.2, 0) is 16.0 Å². The number of carboxylic acid groups (broad SMARTS) is 1. The van der Waals surface area contributed by atoms with Gasteiger partial charge < -0.3 is 15.2 Å². The molecular weight excluding hydrogens is 258 g/mol. The SMILES string of the molecule is COc1ccccc1CCC(=O)NC(C(=O)O)C1CC1. The van der Waals surface area contributed by atoms with E-state index in [9.17, 15) is 9.59 Å². The van der Waals surface area contributed by atoms with E-state index in [1.807, 2.05) is 24.3 Å². The normalized spacial score (nSPS) is 15.4. The predicted molar refractivity (Wildman–Crippen MR) is 73.6 cm³/mol. The van der Waals surface area contributed by atoms with Crippen LogP contribution in [0.2, 0.25) is 0 Å². The van der Waals surface area contributed by atoms with Crippen LogP contribution in [0, 0.1) is 5.92 Å². The van der Waals surface area contributed by atoms with Crippen molar-refractivity contribution in [3.63, 3.8) is 0 Å². The smallest absolute Gasteiger partial charge is 0.326 e. The second-order valence-corrected chi connectivity index (χ2v) is 5.03. The van der Waals surface area contributed by atoms with Crippen LogP contribution in [0.5, 0.6) is 5.75 Å². The molecule has 1 fully saturated rings. The second-order valence-electron chi connectivity index (χ2n) is 5.03. The van der Waals surface area contributed by atoms with E-state index in [2.05, 4.69) is 5.32 Å². The molecule has 1 saturated carbocycles. The summed E-state index contributed by atoms with van der Waals surface area (Å²) < 4.78 is 5.22. The average Bonchev–Trinajstić information content (AvgIpc) is 3.27. The third kappa shape index (κ3) is 3.73. The number of aliphatic carboxylic acids is 1. The largest absolute Gasteiger partial charge is 0.496 e. The van der Waals surface area contributed by atoms with Gasteiger partial charge in [-0.25, -0.2) is 4.79 Å². The maximum atomic E-state index is 11.8. The molecule has 2 rings (SSSR count). The molecule has 0 radical (unpaired) electrons. The molecule has 20 heavy (non-hydrogen) atoms. The highest BCUT2D eigenvalue weighted by atomic mass is 16.5. The minimum absolute atomic E-state index is 0.0997. The highest BCUT2D eigenvalue weighted by molar-refractivity contribution is 5.84. The first kappa shape index (κ1) is 14.4. The van der Waals surface area contributed by atoms with E-state index in [4.69, 9.17) is 9.84 Å². The van der Waals surface area contributed by atoms with Gasteiger partial charge in [-0.15, -0.1) is 0 Å². The summed E-state index contributed by atoms with van der Waals surface area (Å²) in [5.74, 6) is -0.326. The fraction of sp³-hybridized carbons (Fsp3) is 0.467. The van der Waals surface area contributed by atoms with Crippen LogP contribution in [-0.4, -0.2) is 30.1 Å². The molecule has 0 bridgehead atoms. The molecule has 0 aliphatic heterocycles. The molecule has 0 aromatic heterocycles. The van der Waals surface area contributed by atoms with E-state index in [0.717, 1.165) is 24.2 Å². The number of methoxy groups -OCH3 is 1. The Balaban J connectivity index is 1.87. The van der Waals surface area contributed by atoms with Gasteiger partial charge in [-0.2, -0.15) is 0 Å². The molecule has 5 nitrogen and oxygen atoms in total. The summed E-state index contributed by atoms with van der Waals surface area (Å²) in [5.41, 5.74) is 0.948. The summed E-state index contributed by atoms with van der Waals surface area (Å²) in [4.78, 5) is 22.9. The Bertz CT molecular complexity index is 496. The number of carbonyl (C=O) groups excluding carboxylic acids is 1. The molecule has 5 heteroatoms. The summed E-state index contributed by atoms with van der Waals surface area (Å²) in [6, 6.07) is 6.77. The lowest BCUT2D eigenvalue weighted by atomic mass is 10.1. The summed E-state index contributed by atoms with van der Waals surface area (Å²) in [6.07, 6.45) is 2.55. The Morgan fingerprint density at radius 3 is 2.70 bits per heavy atom. The monoisotopic (exact) mass is 277 g/mol. The van der Waals surface area contributed by atoms with Crippen molar-refractivity contribution >= 4 is 11.9 Å². The molecule has 2 N–H and O–H groups in total. The standard InChI is InChI=1S/C15H19NO4/c1-20-12-5-3-2-4-10(12)8-9-13(17)16-14(15(18)19)11-6-7-11/h2-5,11,14H,6-9H2,1H3,(H,16,17)(H,18,19). The Kier molecular flexibility index (Phi) is 4.61. The topological polar surface area (TPSA) is 75.6 Å². The van der Waals surface area contributed by atoms with Crippen LogP contribution in [0.4, 0.5) is 0 Å². The van der Waals surface area contributed by atoms with E-state index < -0.39 is 12.0 Å². The van der Waals surface area contributed by atoms with Crippen LogP contribution in [0.3, 0.4) is 0 Å². The number of hydrogen-bond donors (Lipinski definition) is 2. The summed E-state index contributed by atoms with van der Waals surface area (Å²) >= 11 is 0. The number of amides is 1. The Morgan fingerprint density at radius 2 is 2.10 bits per heavy atom. The van der Waals surface area contributed by atoms with Gasteiger partial charge in [0.1, 0.15) is 11.8 Å². The van der Waals surface area contributed by atoms with Crippen molar-refractivity contribution in [3.05, 3.63) is 29.8 Å². The maximum Gasteiger partial charge on any atom is 0.326 e. The molecule has 0 saturated heterocycles. The summed E-state index contributed by atoms with van der Waals surface area (Å²) in [5, 5.41) is 11.7. The van der Waals surface area contributed by atoms with Gasteiger partial charge in [0, 0.05) is 6.42 Å². The predicted octanol–water partition coefficient (Wildman–Crippen LogP) is 1.61. The van der Waals surface area contributed by atoms with Crippen molar-refractivity contribution in [3.8, 4) is 5.75 Å². The molecule has 108 valence electrons. The van der Waals surface area contributed by atoms with Crippen molar-refractivity contribution < 1.29 is 19.4 Å². The van der Waals surface area contributed by atoms with Gasteiger partial charge in [0.25, 0.3) is 0 Å². The highest BCUT2D eigenvalue weighted by Crippen LogP contribution is 2.32. The van der Waals surface area contributed by atoms with Crippen LogP contribution < -0.4 is 10.1 Å². The number of rotatable bonds is 7. The van der Waals surface area contributed by atoms with Crippen molar-refractivity contribution in [2.75, 3.05) is 7.11 Å². The first-order valence-electron chi connectivity index (χ1n) is 6.76. The lowest BCUT2D eigenvalue weighted by molar-refractivity contribution is -0.142. The van der Waals surface area contributed by atoms with Gasteiger partial charge in [-0.3, -0.25) is 4.79 Å². The lowest BCUT2D eigenvalue weighted by Gasteiger charge is -2.14. The molecule has 1 aliphatic rings. The minimum Gasteiger partial charge on any atom is -0.496 e. The lowest BCUT2D eigenvalue weighted by Crippen LogP contribution is -2.42. The van der Waals surface area contributed by atoms with E-state index in [0.29, 0.717) is 6.42 Å². The molecule has 1 aromatic rings. The number of aryl methyl sites for hydroxylation is 1. The first-order valence-corrected chi connectivity index (χ1v) is 6.76. The number of benzene rings is 1. The van der Waals surface area contributed by atoms with Gasteiger partial charge in [0.15, 0.2) is 0 Å². The minimum atomic E-state index is -0.946. The quantitative estimate of drug-likeness (QED) is 0.794. The van der Waals surface area contributed by atoms with Gasteiger partial charge in [-0.1, -0.05) is 18.2 Å². The molecule has 0 spiro atoms. The maximum absolute atomic E-state index is 11.8. The Labute approximate surface area is 117 Å². The van der Waals surface area contributed by atoms with E-state index in [1.165, 1.54) is 0 Å². The van der Waals surface area contributed by atoms with Crippen LogP contribution >= 0.6 is 0 Å². The van der Waals surface area contributed by atoms with Crippen LogP contribution in [0.15, 0.2) is 24.3 Å². The molecule has 1 aromatic carbocycles. The number of carboxylic acids is 1. The average molecular weight is 277 g/mol. The molecule has 1 amide bonds. The van der Waals surface area contributed by atoms with E-state index in [-0.39, 0.29) is 18.2 Å². The number of carbonyl (C=O) groups is 2. The molecule has 1 unspecified atom stereocenters. The van der Waals surface area contributed by atoms with Gasteiger partial charge >= 0.3 is 5.97 Å². The van der Waals surface area contributed by atoms with Gasteiger partial charge in [-0.05, 0) is 36.8 Å². The number of hydrogen-bond acceptors (Lipinski definition) is 3. The Hall–Kier alpha value is -2.04. The van der Waals surface area contributed by atoms with Crippen molar-refractivity contribution in [2.45, 2.75) is 31.7 Å². The molecule has 0 heterocycles. The first-order chi connectivity index (χ1) is 9.61. The van der Waals surface area contributed by atoms with Crippen molar-refractivity contribution in [2.24, 2.45) is 5.92 Å². The third-order valence-corrected chi connectivity index (χ3v) is 3.49. The zero-order valence-electron chi connectivity index (χ0n) is 11.5. The van der Waals surface area contributed by atoms with E-state index >= 15 is 0 Å². The van der Waals surface area contributed by atoms with Crippen molar-refractivity contribution in [1.82, 2.24) is 5.32 Å². The third-order valence-electron chi connectivity index (χ3n) is 3.49. The fourth-order valence-corrected chi connectivity index (χ4v) is 2.21. The molecule has 1 aliphatic carbocycles.